The molecule has 2 N–H and O–H groups in total. The van der Waals surface area contributed by atoms with Crippen LogP contribution in [0.3, 0.4) is 0 Å². The Morgan fingerprint density at radius 2 is 2.23 bits per heavy atom. The minimum Gasteiger partial charge on any atom is -0.392 e. The number of hydrogen-bond donors (Lipinski definition) is 2. The second-order valence-corrected chi connectivity index (χ2v) is 6.28. The molecule has 2 atom stereocenters. The van der Waals surface area contributed by atoms with E-state index in [1.54, 1.807) is 18.5 Å². The first-order chi connectivity index (χ1) is 10.6. The summed E-state index contributed by atoms with van der Waals surface area (Å²) in [5.74, 6) is -0.367. The van der Waals surface area contributed by atoms with Crippen molar-refractivity contribution in [2.24, 2.45) is 0 Å². The smallest absolute Gasteiger partial charge is 0.252 e. The van der Waals surface area contributed by atoms with Gasteiger partial charge in [-0.3, -0.25) is 24.4 Å². The van der Waals surface area contributed by atoms with Crippen LogP contribution in [0.2, 0.25) is 0 Å². The van der Waals surface area contributed by atoms with Gasteiger partial charge in [0, 0.05) is 32.0 Å². The molecule has 3 aliphatic rings. The number of carbonyl (C=O) groups is 2. The van der Waals surface area contributed by atoms with Gasteiger partial charge in [0.05, 0.1) is 18.7 Å². The van der Waals surface area contributed by atoms with E-state index in [9.17, 15) is 14.7 Å². The van der Waals surface area contributed by atoms with Crippen LogP contribution in [0.5, 0.6) is 0 Å². The Morgan fingerprint density at radius 1 is 1.41 bits per heavy atom. The summed E-state index contributed by atoms with van der Waals surface area (Å²) in [7, 11) is 0. The molecule has 2 amide bonds. The molecule has 7 nitrogen and oxygen atoms in total. The van der Waals surface area contributed by atoms with E-state index in [4.69, 9.17) is 0 Å². The number of imide groups is 1. The van der Waals surface area contributed by atoms with Gasteiger partial charge in [-0.2, -0.15) is 0 Å². The van der Waals surface area contributed by atoms with Crippen LogP contribution >= 0.6 is 0 Å². The maximum atomic E-state index is 12.9. The van der Waals surface area contributed by atoms with Crippen molar-refractivity contribution in [3.63, 3.8) is 0 Å². The molecule has 116 valence electrons. The molecule has 22 heavy (non-hydrogen) atoms. The number of rotatable bonds is 2. The quantitative estimate of drug-likeness (QED) is 0.663. The molecular formula is C15H18N4O3. The highest BCUT2D eigenvalue weighted by Crippen LogP contribution is 2.37. The lowest BCUT2D eigenvalue weighted by molar-refractivity contribution is -0.171. The lowest BCUT2D eigenvalue weighted by Crippen LogP contribution is -2.80. The molecule has 0 bridgehead atoms. The number of aliphatic hydroxyl groups excluding tert-OH is 1. The van der Waals surface area contributed by atoms with E-state index in [0.717, 1.165) is 5.56 Å². The van der Waals surface area contributed by atoms with Gasteiger partial charge >= 0.3 is 0 Å². The number of aliphatic hydroxyl groups is 1. The molecule has 2 unspecified atom stereocenters. The van der Waals surface area contributed by atoms with E-state index in [1.165, 1.54) is 4.90 Å². The number of pyridine rings is 1. The first-order valence-corrected chi connectivity index (χ1v) is 7.52. The maximum absolute atomic E-state index is 12.9. The predicted octanol–water partition coefficient (Wildman–Crippen LogP) is -1.27. The minimum atomic E-state index is -0.668. The van der Waals surface area contributed by atoms with Gasteiger partial charge < -0.3 is 10.4 Å². The molecule has 0 aliphatic carbocycles. The number of fused-ring (bicyclic) bond motifs is 2. The number of hydrogen-bond acceptors (Lipinski definition) is 6. The van der Waals surface area contributed by atoms with Gasteiger partial charge in [0.15, 0.2) is 0 Å². The normalized spacial score (nSPS) is 30.5. The third kappa shape index (κ3) is 1.83. The zero-order valence-electron chi connectivity index (χ0n) is 12.1. The summed E-state index contributed by atoms with van der Waals surface area (Å²) in [6.45, 7) is 1.70. The molecule has 1 aromatic heterocycles. The average Bonchev–Trinajstić information content (AvgIpc) is 2.85. The molecule has 0 radical (unpaired) electrons. The van der Waals surface area contributed by atoms with Crippen molar-refractivity contribution >= 4 is 11.8 Å². The molecular weight excluding hydrogens is 284 g/mol. The molecule has 4 rings (SSSR count). The third-order valence-electron chi connectivity index (χ3n) is 4.92. The van der Waals surface area contributed by atoms with Crippen molar-refractivity contribution < 1.29 is 14.7 Å². The largest absolute Gasteiger partial charge is 0.392 e. The van der Waals surface area contributed by atoms with Gasteiger partial charge in [-0.05, 0) is 18.1 Å². The third-order valence-corrected chi connectivity index (χ3v) is 4.92. The second kappa shape index (κ2) is 4.84. The zero-order valence-corrected chi connectivity index (χ0v) is 12.1. The van der Waals surface area contributed by atoms with Crippen molar-refractivity contribution in [2.75, 3.05) is 19.6 Å². The van der Waals surface area contributed by atoms with Gasteiger partial charge in [0.25, 0.3) is 5.91 Å². The Labute approximate surface area is 127 Å². The first kappa shape index (κ1) is 13.8. The lowest BCUT2D eigenvalue weighted by Gasteiger charge is -2.54. The molecule has 3 aliphatic heterocycles. The van der Waals surface area contributed by atoms with Gasteiger partial charge in [0.2, 0.25) is 5.91 Å². The Kier molecular flexibility index (Phi) is 3.04. The summed E-state index contributed by atoms with van der Waals surface area (Å²) < 4.78 is 0. The number of aromatic nitrogens is 1. The maximum Gasteiger partial charge on any atom is 0.252 e. The van der Waals surface area contributed by atoms with Crippen LogP contribution < -0.4 is 5.32 Å². The second-order valence-electron chi connectivity index (χ2n) is 6.28. The van der Waals surface area contributed by atoms with Crippen LogP contribution in [-0.4, -0.2) is 69.0 Å². The van der Waals surface area contributed by atoms with Crippen LogP contribution in [0, 0.1) is 0 Å². The summed E-state index contributed by atoms with van der Waals surface area (Å²) in [5, 5.41) is 13.1. The van der Waals surface area contributed by atoms with E-state index in [2.05, 4.69) is 10.3 Å². The van der Waals surface area contributed by atoms with Gasteiger partial charge in [-0.1, -0.05) is 6.07 Å². The summed E-state index contributed by atoms with van der Waals surface area (Å²) in [4.78, 5) is 32.9. The molecule has 3 saturated heterocycles. The Morgan fingerprint density at radius 3 is 2.86 bits per heavy atom. The van der Waals surface area contributed by atoms with Crippen LogP contribution in [0.15, 0.2) is 24.5 Å². The highest BCUT2D eigenvalue weighted by Gasteiger charge is 2.61. The summed E-state index contributed by atoms with van der Waals surface area (Å²) >= 11 is 0. The molecule has 0 aromatic carbocycles. The Balaban J connectivity index is 1.67. The number of carbonyl (C=O) groups excluding carboxylic acids is 2. The standard InChI is InChI=1S/C15H18N4O3/c20-11-4-12-13(21)18(6-10-2-1-3-16-5-10)14(22)15(8-17-9-15)19(12)7-11/h1-3,5,11-12,17,20H,4,6-9H2. The molecule has 1 aromatic rings. The van der Waals surface area contributed by atoms with Crippen molar-refractivity contribution in [2.45, 2.75) is 30.7 Å². The van der Waals surface area contributed by atoms with Crippen molar-refractivity contribution in [1.29, 1.82) is 0 Å². The molecule has 3 fully saturated rings. The van der Waals surface area contributed by atoms with Crippen LogP contribution in [0.4, 0.5) is 0 Å². The van der Waals surface area contributed by atoms with Crippen molar-refractivity contribution in [3.8, 4) is 0 Å². The predicted molar refractivity (Wildman–Crippen MR) is 76.5 cm³/mol. The summed E-state index contributed by atoms with van der Waals surface area (Å²) in [6.07, 6.45) is 3.19. The highest BCUT2D eigenvalue weighted by molar-refractivity contribution is 6.06. The van der Waals surface area contributed by atoms with Crippen LogP contribution in [0.1, 0.15) is 12.0 Å². The highest BCUT2D eigenvalue weighted by atomic mass is 16.3. The lowest BCUT2D eigenvalue weighted by atomic mass is 9.84. The van der Waals surface area contributed by atoms with E-state index in [0.29, 0.717) is 26.1 Å². The van der Waals surface area contributed by atoms with E-state index < -0.39 is 17.7 Å². The van der Waals surface area contributed by atoms with Gasteiger partial charge in [-0.25, -0.2) is 0 Å². The number of amides is 2. The van der Waals surface area contributed by atoms with Crippen molar-refractivity contribution in [1.82, 2.24) is 20.1 Å². The summed E-state index contributed by atoms with van der Waals surface area (Å²) in [5.41, 5.74) is 0.164. The molecule has 7 heteroatoms. The number of β-amino-alcohol motifs (C(OH)–C–C–N with tert-alkyl or cyclic N) is 1. The van der Waals surface area contributed by atoms with Crippen LogP contribution in [-0.2, 0) is 16.1 Å². The fraction of sp³-hybridized carbons (Fsp3) is 0.533. The van der Waals surface area contributed by atoms with Crippen LogP contribution in [0.25, 0.3) is 0 Å². The molecule has 1 spiro atoms. The SMILES string of the molecule is O=C1C2CC(O)CN2C2(CNC2)C(=O)N1Cc1cccnc1. The van der Waals surface area contributed by atoms with Gasteiger partial charge in [-0.15, -0.1) is 0 Å². The summed E-state index contributed by atoms with van der Waals surface area (Å²) in [6, 6.07) is 3.25. The van der Waals surface area contributed by atoms with E-state index >= 15 is 0 Å². The fourth-order valence-corrected chi connectivity index (χ4v) is 3.72. The fourth-order valence-electron chi connectivity index (χ4n) is 3.72. The van der Waals surface area contributed by atoms with E-state index in [-0.39, 0.29) is 18.4 Å². The topological polar surface area (TPSA) is 85.8 Å². The molecule has 4 heterocycles. The zero-order chi connectivity index (χ0) is 15.3. The Hall–Kier alpha value is -1.83. The van der Waals surface area contributed by atoms with Crippen molar-refractivity contribution in [3.05, 3.63) is 30.1 Å². The average molecular weight is 302 g/mol. The van der Waals surface area contributed by atoms with Gasteiger partial charge in [0.1, 0.15) is 5.54 Å². The number of nitrogens with zero attached hydrogens (tertiary/aromatic N) is 3. The monoisotopic (exact) mass is 302 g/mol. The minimum absolute atomic E-state index is 0.162. The first-order valence-electron chi connectivity index (χ1n) is 7.52. The number of piperazine rings is 1. The molecule has 0 saturated carbocycles. The van der Waals surface area contributed by atoms with E-state index in [1.807, 2.05) is 11.0 Å². The number of nitrogens with one attached hydrogen (secondary N) is 1. The Bertz CT molecular complexity index is 616.